The van der Waals surface area contributed by atoms with Crippen molar-refractivity contribution in [2.45, 2.75) is 13.0 Å². The molecule has 0 saturated heterocycles. The van der Waals surface area contributed by atoms with Gasteiger partial charge in [-0.2, -0.15) is 0 Å². The van der Waals surface area contributed by atoms with Crippen LogP contribution in [0.1, 0.15) is 6.42 Å². The predicted octanol–water partition coefficient (Wildman–Crippen LogP) is 4.20. The molecule has 0 aliphatic heterocycles. The second kappa shape index (κ2) is 9.17. The average molecular weight is 413 g/mol. The van der Waals surface area contributed by atoms with E-state index in [1.165, 1.54) is 0 Å². The van der Waals surface area contributed by atoms with Crippen LogP contribution in [0.15, 0.2) is 84.9 Å². The highest BCUT2D eigenvalue weighted by molar-refractivity contribution is 5.95. The van der Waals surface area contributed by atoms with Gasteiger partial charge in [0, 0.05) is 16.6 Å². The lowest BCUT2D eigenvalue weighted by atomic mass is 10.1. The number of benzene rings is 3. The maximum absolute atomic E-state index is 13.0. The van der Waals surface area contributed by atoms with Crippen molar-refractivity contribution in [1.82, 2.24) is 4.57 Å². The Balaban J connectivity index is 1.58. The largest absolute Gasteiger partial charge is 0.491 e. The summed E-state index contributed by atoms with van der Waals surface area (Å²) >= 11 is 0. The van der Waals surface area contributed by atoms with Crippen LogP contribution in [-0.2, 0) is 16.1 Å². The van der Waals surface area contributed by atoms with Gasteiger partial charge < -0.3 is 20.4 Å². The number of anilines is 1. The first-order chi connectivity index (χ1) is 15.1. The normalized spacial score (nSPS) is 10.7. The molecule has 0 saturated carbocycles. The van der Waals surface area contributed by atoms with Crippen LogP contribution in [0.3, 0.4) is 0 Å². The molecule has 2 amide bonds. The molecule has 0 spiro atoms. The number of carbonyl (C=O) groups excluding carboxylic acids is 2. The monoisotopic (exact) mass is 413 g/mol. The van der Waals surface area contributed by atoms with Crippen LogP contribution in [0.2, 0.25) is 0 Å². The van der Waals surface area contributed by atoms with Crippen LogP contribution in [0.4, 0.5) is 5.69 Å². The molecule has 0 bridgehead atoms. The molecule has 4 rings (SSSR count). The van der Waals surface area contributed by atoms with Crippen molar-refractivity contribution in [3.63, 3.8) is 0 Å². The van der Waals surface area contributed by atoms with Crippen LogP contribution in [0, 0.1) is 0 Å². The molecule has 1 heterocycles. The van der Waals surface area contributed by atoms with Gasteiger partial charge in [0.25, 0.3) is 0 Å². The van der Waals surface area contributed by atoms with Gasteiger partial charge in [-0.25, -0.2) is 0 Å². The van der Waals surface area contributed by atoms with Crippen LogP contribution < -0.4 is 15.8 Å². The summed E-state index contributed by atoms with van der Waals surface area (Å²) in [6.07, 6.45) is 0.109. The van der Waals surface area contributed by atoms with Crippen LogP contribution in [0.25, 0.3) is 22.2 Å². The first kappa shape index (κ1) is 20.2. The van der Waals surface area contributed by atoms with E-state index in [-0.39, 0.29) is 25.5 Å². The molecule has 0 unspecified atom stereocenters. The number of nitrogens with zero attached hydrogens (tertiary/aromatic N) is 1. The summed E-state index contributed by atoms with van der Waals surface area (Å²) in [5, 5.41) is 4.00. The molecule has 0 fully saturated rings. The molecule has 0 atom stereocenters. The number of aromatic nitrogens is 1. The Kier molecular flexibility index (Phi) is 5.98. The molecular weight excluding hydrogens is 390 g/mol. The van der Waals surface area contributed by atoms with Gasteiger partial charge in [0.1, 0.15) is 12.3 Å². The lowest BCUT2D eigenvalue weighted by Crippen LogP contribution is -2.20. The number of primary amides is 1. The van der Waals surface area contributed by atoms with Crippen molar-refractivity contribution in [1.29, 1.82) is 0 Å². The zero-order valence-electron chi connectivity index (χ0n) is 17.0. The van der Waals surface area contributed by atoms with E-state index in [4.69, 9.17) is 10.5 Å². The van der Waals surface area contributed by atoms with Crippen molar-refractivity contribution < 1.29 is 14.3 Å². The minimum absolute atomic E-state index is 0.109. The number of carbonyl (C=O) groups is 2. The Morgan fingerprint density at radius 1 is 0.903 bits per heavy atom. The number of hydrogen-bond donors (Lipinski definition) is 2. The summed E-state index contributed by atoms with van der Waals surface area (Å²) in [7, 11) is 0. The number of nitrogens with two attached hydrogens (primary N) is 1. The summed E-state index contributed by atoms with van der Waals surface area (Å²) in [4.78, 5) is 23.9. The first-order valence-electron chi connectivity index (χ1n) is 10.1. The fraction of sp³-hybridized carbons (Fsp3) is 0.120. The Bertz CT molecular complexity index is 1220. The van der Waals surface area contributed by atoms with E-state index in [2.05, 4.69) is 11.4 Å². The molecule has 3 aromatic carbocycles. The van der Waals surface area contributed by atoms with Gasteiger partial charge in [-0.05, 0) is 29.8 Å². The van der Waals surface area contributed by atoms with E-state index in [9.17, 15) is 9.59 Å². The van der Waals surface area contributed by atoms with Gasteiger partial charge in [-0.15, -0.1) is 0 Å². The van der Waals surface area contributed by atoms with Crippen molar-refractivity contribution >= 4 is 28.4 Å². The number of hydrogen-bond acceptors (Lipinski definition) is 3. The topological polar surface area (TPSA) is 86.4 Å². The van der Waals surface area contributed by atoms with Crippen LogP contribution >= 0.6 is 0 Å². The van der Waals surface area contributed by atoms with E-state index >= 15 is 0 Å². The highest BCUT2D eigenvalue weighted by atomic mass is 16.5. The standard InChI is InChI=1S/C25H23N3O3/c26-24(29)14-15-31-23-13-7-5-11-20(23)27-25(30)17-28-21-12-6-4-10-19(21)16-22(28)18-8-2-1-3-9-18/h1-13,16H,14-15,17H2,(H2,26,29)(H,27,30). The van der Waals surface area contributed by atoms with E-state index in [0.717, 1.165) is 22.2 Å². The molecule has 4 aromatic rings. The summed E-state index contributed by atoms with van der Waals surface area (Å²) < 4.78 is 7.64. The quantitative estimate of drug-likeness (QED) is 0.454. The smallest absolute Gasteiger partial charge is 0.244 e. The minimum atomic E-state index is -0.436. The van der Waals surface area contributed by atoms with Gasteiger partial charge in [-0.1, -0.05) is 60.7 Å². The molecule has 6 heteroatoms. The van der Waals surface area contributed by atoms with Crippen molar-refractivity contribution in [2.24, 2.45) is 5.73 Å². The van der Waals surface area contributed by atoms with Crippen molar-refractivity contribution in [2.75, 3.05) is 11.9 Å². The third-order valence-electron chi connectivity index (χ3n) is 4.95. The predicted molar refractivity (Wildman–Crippen MR) is 122 cm³/mol. The summed E-state index contributed by atoms with van der Waals surface area (Å²) in [5.74, 6) is -0.114. The Hall–Kier alpha value is -4.06. The second-order valence-electron chi connectivity index (χ2n) is 7.15. The molecular formula is C25H23N3O3. The number of fused-ring (bicyclic) bond motifs is 1. The van der Waals surface area contributed by atoms with Crippen LogP contribution in [-0.4, -0.2) is 23.0 Å². The van der Waals surface area contributed by atoms with E-state index in [1.54, 1.807) is 12.1 Å². The number of nitrogens with one attached hydrogen (secondary N) is 1. The average Bonchev–Trinajstić information content (AvgIpc) is 3.14. The van der Waals surface area contributed by atoms with Crippen LogP contribution in [0.5, 0.6) is 5.75 Å². The second-order valence-corrected chi connectivity index (χ2v) is 7.15. The molecule has 6 nitrogen and oxygen atoms in total. The Morgan fingerprint density at radius 3 is 2.42 bits per heavy atom. The molecule has 0 radical (unpaired) electrons. The zero-order chi connectivity index (χ0) is 21.6. The van der Waals surface area contributed by atoms with E-state index in [0.29, 0.717) is 11.4 Å². The van der Waals surface area contributed by atoms with Gasteiger partial charge >= 0.3 is 0 Å². The van der Waals surface area contributed by atoms with E-state index < -0.39 is 5.91 Å². The fourth-order valence-electron chi connectivity index (χ4n) is 3.52. The number of rotatable bonds is 8. The third-order valence-corrected chi connectivity index (χ3v) is 4.95. The maximum Gasteiger partial charge on any atom is 0.244 e. The number of para-hydroxylation sites is 3. The number of ether oxygens (including phenoxy) is 1. The van der Waals surface area contributed by atoms with Gasteiger partial charge in [0.2, 0.25) is 11.8 Å². The molecule has 1 aromatic heterocycles. The van der Waals surface area contributed by atoms with Gasteiger partial charge in [0.05, 0.1) is 18.7 Å². The molecule has 31 heavy (non-hydrogen) atoms. The SMILES string of the molecule is NC(=O)CCOc1ccccc1NC(=O)Cn1c(-c2ccccc2)cc2ccccc21. The Morgan fingerprint density at radius 2 is 1.61 bits per heavy atom. The fourth-order valence-corrected chi connectivity index (χ4v) is 3.52. The maximum atomic E-state index is 13.0. The van der Waals surface area contributed by atoms with E-state index in [1.807, 2.05) is 71.3 Å². The summed E-state index contributed by atoms with van der Waals surface area (Å²) in [5.41, 5.74) is 8.72. The molecule has 3 N–H and O–H groups in total. The zero-order valence-corrected chi connectivity index (χ0v) is 17.0. The highest BCUT2D eigenvalue weighted by Gasteiger charge is 2.15. The Labute approximate surface area is 180 Å². The summed E-state index contributed by atoms with van der Waals surface area (Å²) in [6.45, 7) is 0.302. The van der Waals surface area contributed by atoms with Gasteiger partial charge in [0.15, 0.2) is 0 Å². The molecule has 0 aliphatic rings. The first-order valence-corrected chi connectivity index (χ1v) is 10.1. The van der Waals surface area contributed by atoms with Crippen molar-refractivity contribution in [3.05, 3.63) is 84.9 Å². The van der Waals surface area contributed by atoms with Crippen molar-refractivity contribution in [3.8, 4) is 17.0 Å². The summed E-state index contributed by atoms with van der Waals surface area (Å²) in [6, 6.07) is 27.2. The molecule has 156 valence electrons. The lowest BCUT2D eigenvalue weighted by Gasteiger charge is -2.14. The lowest BCUT2D eigenvalue weighted by molar-refractivity contribution is -0.118. The third kappa shape index (κ3) is 4.75. The number of amides is 2. The highest BCUT2D eigenvalue weighted by Crippen LogP contribution is 2.29. The molecule has 0 aliphatic carbocycles. The minimum Gasteiger partial charge on any atom is -0.491 e. The van der Waals surface area contributed by atoms with Gasteiger partial charge in [-0.3, -0.25) is 9.59 Å².